The third kappa shape index (κ3) is 3.96. The van der Waals surface area contributed by atoms with Gasteiger partial charge in [0.05, 0.1) is 16.4 Å². The Kier molecular flexibility index (Phi) is 5.70. The van der Waals surface area contributed by atoms with Crippen LogP contribution in [0.25, 0.3) is 0 Å². The molecule has 0 unspecified atom stereocenters. The zero-order valence-electron chi connectivity index (χ0n) is 11.6. The molecule has 0 spiro atoms. The smallest absolute Gasteiger partial charge is 0.214 e. The molecule has 0 aromatic carbocycles. The quantitative estimate of drug-likeness (QED) is 0.413. The molecule has 4 heteroatoms. The Balaban J connectivity index is 1.78. The van der Waals surface area contributed by atoms with Crippen molar-refractivity contribution in [1.29, 1.82) is 0 Å². The number of thioether (sulfide) groups is 1. The second-order valence-electron chi connectivity index (χ2n) is 4.93. The zero-order valence-corrected chi connectivity index (χ0v) is 12.4. The molecule has 0 saturated carbocycles. The molecule has 1 aromatic heterocycles. The average molecular weight is 278 g/mol. The van der Waals surface area contributed by atoms with Gasteiger partial charge in [0.1, 0.15) is 0 Å². The van der Waals surface area contributed by atoms with Crippen LogP contribution in [0.5, 0.6) is 0 Å². The van der Waals surface area contributed by atoms with Gasteiger partial charge in [0.25, 0.3) is 0 Å². The fourth-order valence-electron chi connectivity index (χ4n) is 2.34. The van der Waals surface area contributed by atoms with Crippen LogP contribution >= 0.6 is 11.8 Å². The number of aromatic nitrogens is 1. The molecule has 0 aliphatic carbocycles. The van der Waals surface area contributed by atoms with E-state index in [1.165, 1.54) is 32.1 Å². The molecule has 1 amide bonds. The standard InChI is InChI=1S/C15H22N2OS/c1-2-3-4-5-6-11-19-15-8-7-14-13(16-15)9-10-17(14)12-18/h7-8,12H,2-6,9-11H2,1H3. The molecular weight excluding hydrogens is 256 g/mol. The van der Waals surface area contributed by atoms with Gasteiger partial charge in [0.2, 0.25) is 6.41 Å². The van der Waals surface area contributed by atoms with E-state index in [1.807, 2.05) is 23.9 Å². The summed E-state index contributed by atoms with van der Waals surface area (Å²) in [4.78, 5) is 17.2. The predicted octanol–water partition coefficient (Wildman–Crippen LogP) is 3.66. The molecule has 1 aromatic rings. The number of anilines is 1. The van der Waals surface area contributed by atoms with E-state index in [9.17, 15) is 4.79 Å². The van der Waals surface area contributed by atoms with Crippen molar-refractivity contribution in [2.45, 2.75) is 50.5 Å². The summed E-state index contributed by atoms with van der Waals surface area (Å²) in [7, 11) is 0. The Labute approximate surface area is 119 Å². The number of carbonyl (C=O) groups is 1. The van der Waals surface area contributed by atoms with E-state index in [0.717, 1.165) is 41.5 Å². The SMILES string of the molecule is CCCCCCCSc1ccc2c(n1)CCN2C=O. The molecule has 0 N–H and O–H groups in total. The van der Waals surface area contributed by atoms with E-state index in [1.54, 1.807) is 4.90 Å². The monoisotopic (exact) mass is 278 g/mol. The molecule has 0 fully saturated rings. The minimum absolute atomic E-state index is 0.775. The second kappa shape index (κ2) is 7.53. The maximum absolute atomic E-state index is 10.8. The van der Waals surface area contributed by atoms with Gasteiger partial charge in [-0.05, 0) is 24.3 Å². The fourth-order valence-corrected chi connectivity index (χ4v) is 3.24. The highest BCUT2D eigenvalue weighted by Crippen LogP contribution is 2.28. The minimum Gasteiger partial charge on any atom is -0.313 e. The number of unbranched alkanes of at least 4 members (excludes halogenated alkanes) is 4. The zero-order chi connectivity index (χ0) is 13.5. The van der Waals surface area contributed by atoms with Crippen LogP contribution < -0.4 is 4.90 Å². The van der Waals surface area contributed by atoms with Crippen LogP contribution in [-0.4, -0.2) is 23.7 Å². The van der Waals surface area contributed by atoms with Crippen LogP contribution in [-0.2, 0) is 11.2 Å². The molecule has 1 aliphatic heterocycles. The number of hydrogen-bond acceptors (Lipinski definition) is 3. The molecule has 2 rings (SSSR count). The van der Waals surface area contributed by atoms with Crippen molar-refractivity contribution in [3.05, 3.63) is 17.8 Å². The molecule has 0 atom stereocenters. The van der Waals surface area contributed by atoms with Gasteiger partial charge in [-0.25, -0.2) is 4.98 Å². The first-order valence-electron chi connectivity index (χ1n) is 7.20. The fraction of sp³-hybridized carbons (Fsp3) is 0.600. The van der Waals surface area contributed by atoms with Gasteiger partial charge in [-0.1, -0.05) is 32.6 Å². The Morgan fingerprint density at radius 2 is 2.16 bits per heavy atom. The van der Waals surface area contributed by atoms with Crippen LogP contribution in [0.4, 0.5) is 5.69 Å². The van der Waals surface area contributed by atoms with Crippen molar-refractivity contribution >= 4 is 23.9 Å². The topological polar surface area (TPSA) is 33.2 Å². The van der Waals surface area contributed by atoms with Gasteiger partial charge in [0, 0.05) is 13.0 Å². The van der Waals surface area contributed by atoms with Gasteiger partial charge in [-0.2, -0.15) is 0 Å². The normalized spacial score (nSPS) is 13.6. The van der Waals surface area contributed by atoms with Crippen molar-refractivity contribution in [2.75, 3.05) is 17.2 Å². The molecule has 0 saturated heterocycles. The summed E-state index contributed by atoms with van der Waals surface area (Å²) in [6.45, 7) is 3.02. The van der Waals surface area contributed by atoms with E-state index < -0.39 is 0 Å². The number of hydrogen-bond donors (Lipinski definition) is 0. The Morgan fingerprint density at radius 3 is 2.95 bits per heavy atom. The molecule has 2 heterocycles. The Hall–Kier alpha value is -1.03. The molecular formula is C15H22N2OS. The summed E-state index contributed by atoms with van der Waals surface area (Å²) in [5, 5.41) is 1.10. The number of amides is 1. The van der Waals surface area contributed by atoms with Gasteiger partial charge in [-0.15, -0.1) is 11.8 Å². The largest absolute Gasteiger partial charge is 0.313 e. The van der Waals surface area contributed by atoms with Gasteiger partial charge in [0.15, 0.2) is 0 Å². The van der Waals surface area contributed by atoms with Crippen LogP contribution in [0.15, 0.2) is 17.2 Å². The predicted molar refractivity (Wildman–Crippen MR) is 80.8 cm³/mol. The summed E-state index contributed by atoms with van der Waals surface area (Å²) in [5.41, 5.74) is 2.06. The van der Waals surface area contributed by atoms with E-state index >= 15 is 0 Å². The lowest BCUT2D eigenvalue weighted by molar-refractivity contribution is -0.107. The van der Waals surface area contributed by atoms with Gasteiger partial charge < -0.3 is 4.90 Å². The average Bonchev–Trinajstić information content (AvgIpc) is 2.85. The highest BCUT2D eigenvalue weighted by Gasteiger charge is 2.19. The van der Waals surface area contributed by atoms with Crippen LogP contribution in [0.3, 0.4) is 0 Å². The number of rotatable bonds is 8. The van der Waals surface area contributed by atoms with Crippen molar-refractivity contribution in [2.24, 2.45) is 0 Å². The Morgan fingerprint density at radius 1 is 1.32 bits per heavy atom. The molecule has 1 aliphatic rings. The van der Waals surface area contributed by atoms with E-state index in [2.05, 4.69) is 11.9 Å². The third-order valence-electron chi connectivity index (χ3n) is 3.45. The van der Waals surface area contributed by atoms with Crippen LogP contribution in [0.1, 0.15) is 44.7 Å². The van der Waals surface area contributed by atoms with Crippen LogP contribution in [0.2, 0.25) is 0 Å². The lowest BCUT2D eigenvalue weighted by Gasteiger charge is -2.09. The van der Waals surface area contributed by atoms with Gasteiger partial charge >= 0.3 is 0 Å². The first-order valence-corrected chi connectivity index (χ1v) is 8.18. The molecule has 3 nitrogen and oxygen atoms in total. The molecule has 0 bridgehead atoms. The third-order valence-corrected chi connectivity index (χ3v) is 4.46. The molecule has 104 valence electrons. The maximum Gasteiger partial charge on any atom is 0.214 e. The second-order valence-corrected chi connectivity index (χ2v) is 6.04. The summed E-state index contributed by atoms with van der Waals surface area (Å²) in [6, 6.07) is 4.07. The first kappa shape index (κ1) is 14.4. The summed E-state index contributed by atoms with van der Waals surface area (Å²) < 4.78 is 0. The van der Waals surface area contributed by atoms with Gasteiger partial charge in [-0.3, -0.25) is 4.79 Å². The van der Waals surface area contributed by atoms with Crippen molar-refractivity contribution in [3.63, 3.8) is 0 Å². The van der Waals surface area contributed by atoms with Crippen LogP contribution in [0, 0.1) is 0 Å². The summed E-state index contributed by atoms with van der Waals surface area (Å²) in [5.74, 6) is 1.15. The lowest BCUT2D eigenvalue weighted by Crippen LogP contribution is -2.17. The maximum atomic E-state index is 10.8. The highest BCUT2D eigenvalue weighted by molar-refractivity contribution is 7.99. The van der Waals surface area contributed by atoms with Crippen molar-refractivity contribution in [3.8, 4) is 0 Å². The number of pyridine rings is 1. The lowest BCUT2D eigenvalue weighted by atomic mass is 10.2. The van der Waals surface area contributed by atoms with E-state index in [4.69, 9.17) is 0 Å². The Bertz CT molecular complexity index is 423. The number of fused-ring (bicyclic) bond motifs is 1. The molecule has 0 radical (unpaired) electrons. The molecule has 19 heavy (non-hydrogen) atoms. The van der Waals surface area contributed by atoms with E-state index in [-0.39, 0.29) is 0 Å². The summed E-state index contributed by atoms with van der Waals surface area (Å²) >= 11 is 1.84. The van der Waals surface area contributed by atoms with Crippen molar-refractivity contribution in [1.82, 2.24) is 4.98 Å². The number of nitrogens with zero attached hydrogens (tertiary/aromatic N) is 2. The minimum atomic E-state index is 0.775. The number of carbonyl (C=O) groups excluding carboxylic acids is 1. The summed E-state index contributed by atoms with van der Waals surface area (Å²) in [6.07, 6.45) is 8.38. The van der Waals surface area contributed by atoms with E-state index in [0.29, 0.717) is 0 Å². The highest BCUT2D eigenvalue weighted by atomic mass is 32.2. The first-order chi connectivity index (χ1) is 9.35. The van der Waals surface area contributed by atoms with Crippen molar-refractivity contribution < 1.29 is 4.79 Å².